The largest absolute Gasteiger partial charge is 0.488 e. The van der Waals surface area contributed by atoms with Crippen molar-refractivity contribution in [1.82, 2.24) is 0 Å². The van der Waals surface area contributed by atoms with Gasteiger partial charge in [0.2, 0.25) is 0 Å². The van der Waals surface area contributed by atoms with Crippen molar-refractivity contribution in [2.75, 3.05) is 5.73 Å². The van der Waals surface area contributed by atoms with Crippen LogP contribution in [-0.2, 0) is 6.42 Å². The van der Waals surface area contributed by atoms with Crippen LogP contribution in [0.4, 0.5) is 5.69 Å². The summed E-state index contributed by atoms with van der Waals surface area (Å²) in [6, 6.07) is 10.9. The average Bonchev–Trinajstić information content (AvgIpc) is 2.60. The summed E-state index contributed by atoms with van der Waals surface area (Å²) in [5, 5.41) is 0. The van der Waals surface area contributed by atoms with E-state index in [9.17, 15) is 4.79 Å². The molecule has 0 aliphatic rings. The molecule has 0 aliphatic heterocycles. The smallest absolute Gasteiger partial charge is 0.185 e. The van der Waals surface area contributed by atoms with Gasteiger partial charge in [0.1, 0.15) is 22.7 Å². The summed E-state index contributed by atoms with van der Waals surface area (Å²) in [7, 11) is 0. The molecule has 0 spiro atoms. The predicted molar refractivity (Wildman–Crippen MR) is 125 cm³/mol. The number of carbonyl (C=O) groups is 1. The summed E-state index contributed by atoms with van der Waals surface area (Å²) >= 11 is 0. The molecule has 2 aromatic carbocycles. The molecular weight excluding hydrogens is 374 g/mol. The van der Waals surface area contributed by atoms with Gasteiger partial charge >= 0.3 is 0 Å². The molecule has 0 unspecified atom stereocenters. The Hall–Kier alpha value is -2.75. The van der Waals surface area contributed by atoms with Crippen molar-refractivity contribution in [1.29, 1.82) is 0 Å². The van der Waals surface area contributed by atoms with E-state index in [2.05, 4.69) is 13.0 Å². The fraction of sp³-hybridized carbons (Fsp3) is 0.423. The zero-order chi connectivity index (χ0) is 22.5. The van der Waals surface area contributed by atoms with E-state index in [1.54, 1.807) is 30.3 Å². The predicted octanol–water partition coefficient (Wildman–Crippen LogP) is 6.47. The van der Waals surface area contributed by atoms with Crippen LogP contribution in [-0.4, -0.2) is 17.0 Å². The Kier molecular flexibility index (Phi) is 7.35. The van der Waals surface area contributed by atoms with E-state index in [-0.39, 0.29) is 17.0 Å². The van der Waals surface area contributed by atoms with Gasteiger partial charge < -0.3 is 15.2 Å². The number of nitrogen functional groups attached to an aromatic ring is 1. The van der Waals surface area contributed by atoms with Crippen LogP contribution in [0, 0.1) is 0 Å². The number of rotatable bonds is 7. The summed E-state index contributed by atoms with van der Waals surface area (Å²) < 4.78 is 12.4. The fourth-order valence-corrected chi connectivity index (χ4v) is 2.97. The highest BCUT2D eigenvalue weighted by molar-refractivity contribution is 6.07. The summed E-state index contributed by atoms with van der Waals surface area (Å²) in [6.45, 7) is 14.3. The van der Waals surface area contributed by atoms with Crippen LogP contribution in [0.2, 0.25) is 0 Å². The zero-order valence-electron chi connectivity index (χ0n) is 19.3. The first-order valence-corrected chi connectivity index (χ1v) is 10.5. The van der Waals surface area contributed by atoms with Crippen LogP contribution in [0.1, 0.15) is 76.4 Å². The van der Waals surface area contributed by atoms with Gasteiger partial charge in [-0.25, -0.2) is 0 Å². The Balaban J connectivity index is 2.47. The third kappa shape index (κ3) is 7.25. The second kappa shape index (κ2) is 9.38. The minimum Gasteiger partial charge on any atom is -0.488 e. The lowest BCUT2D eigenvalue weighted by Crippen LogP contribution is -2.25. The fourth-order valence-electron chi connectivity index (χ4n) is 2.97. The highest BCUT2D eigenvalue weighted by atomic mass is 16.5. The Bertz CT molecular complexity index is 898. The van der Waals surface area contributed by atoms with Crippen LogP contribution in [0.15, 0.2) is 42.5 Å². The van der Waals surface area contributed by atoms with Crippen molar-refractivity contribution in [3.8, 4) is 11.5 Å². The Morgan fingerprint density at radius 3 is 2.03 bits per heavy atom. The minimum absolute atomic E-state index is 0.0798. The molecule has 4 nitrogen and oxygen atoms in total. The molecule has 0 aliphatic carbocycles. The number of nitrogens with two attached hydrogens (primary N) is 1. The summed E-state index contributed by atoms with van der Waals surface area (Å²) in [6.07, 6.45) is 5.28. The van der Waals surface area contributed by atoms with Gasteiger partial charge in [-0.1, -0.05) is 13.3 Å². The van der Waals surface area contributed by atoms with E-state index >= 15 is 0 Å². The molecule has 0 fully saturated rings. The Labute approximate surface area is 181 Å². The maximum atomic E-state index is 12.6. The minimum atomic E-state index is -0.380. The Morgan fingerprint density at radius 1 is 0.933 bits per heavy atom. The normalized spacial score (nSPS) is 12.2. The highest BCUT2D eigenvalue weighted by Gasteiger charge is 2.20. The first kappa shape index (κ1) is 23.5. The number of allylic oxidation sites excluding steroid dienone is 1. The molecule has 0 aromatic heterocycles. The molecule has 2 aromatic rings. The van der Waals surface area contributed by atoms with Crippen molar-refractivity contribution in [3.63, 3.8) is 0 Å². The van der Waals surface area contributed by atoms with E-state index in [0.29, 0.717) is 17.0 Å². The van der Waals surface area contributed by atoms with Crippen molar-refractivity contribution in [3.05, 3.63) is 59.2 Å². The molecular formula is C26H35NO3. The van der Waals surface area contributed by atoms with E-state index in [4.69, 9.17) is 15.2 Å². The van der Waals surface area contributed by atoms with Gasteiger partial charge in [0.25, 0.3) is 0 Å². The molecule has 0 heterocycles. The van der Waals surface area contributed by atoms with Crippen molar-refractivity contribution in [2.45, 2.75) is 72.5 Å². The Morgan fingerprint density at radius 2 is 1.50 bits per heavy atom. The second-order valence-electron chi connectivity index (χ2n) is 9.50. The molecule has 0 atom stereocenters. The lowest BCUT2D eigenvalue weighted by atomic mass is 10.0. The van der Waals surface area contributed by atoms with Crippen molar-refractivity contribution < 1.29 is 14.3 Å². The van der Waals surface area contributed by atoms with E-state index in [1.807, 2.05) is 53.7 Å². The summed E-state index contributed by atoms with van der Waals surface area (Å²) in [4.78, 5) is 12.6. The molecule has 2 rings (SSSR count). The van der Waals surface area contributed by atoms with Crippen LogP contribution < -0.4 is 15.2 Å². The number of hydrogen-bond acceptors (Lipinski definition) is 4. The van der Waals surface area contributed by atoms with E-state index < -0.39 is 0 Å². The molecule has 0 bridgehead atoms. The lowest BCUT2D eigenvalue weighted by molar-refractivity contribution is 0.104. The number of aryl methyl sites for hydroxylation is 1. The third-order valence-corrected chi connectivity index (χ3v) is 4.15. The SMILES string of the molecule is CCCc1cc(C=CC(=O)c2ccc(N)cc2)c(OC(C)(C)C)cc1OC(C)(C)C. The van der Waals surface area contributed by atoms with Crippen molar-refractivity contribution in [2.24, 2.45) is 0 Å². The maximum absolute atomic E-state index is 12.6. The van der Waals surface area contributed by atoms with E-state index in [1.165, 1.54) is 0 Å². The molecule has 2 N–H and O–H groups in total. The topological polar surface area (TPSA) is 61.6 Å². The highest BCUT2D eigenvalue weighted by Crippen LogP contribution is 2.35. The maximum Gasteiger partial charge on any atom is 0.185 e. The molecule has 0 saturated carbocycles. The zero-order valence-corrected chi connectivity index (χ0v) is 19.3. The third-order valence-electron chi connectivity index (χ3n) is 4.15. The molecule has 30 heavy (non-hydrogen) atoms. The van der Waals surface area contributed by atoms with Crippen LogP contribution in [0.3, 0.4) is 0 Å². The molecule has 0 amide bonds. The number of hydrogen-bond donors (Lipinski definition) is 1. The average molecular weight is 410 g/mol. The lowest BCUT2D eigenvalue weighted by Gasteiger charge is -2.27. The summed E-state index contributed by atoms with van der Waals surface area (Å²) in [5.74, 6) is 1.44. The number of ketones is 1. The van der Waals surface area contributed by atoms with Crippen LogP contribution in [0.25, 0.3) is 6.08 Å². The van der Waals surface area contributed by atoms with Gasteiger partial charge in [0.15, 0.2) is 5.78 Å². The first-order valence-electron chi connectivity index (χ1n) is 10.5. The monoisotopic (exact) mass is 409 g/mol. The second-order valence-corrected chi connectivity index (χ2v) is 9.50. The van der Waals surface area contributed by atoms with Gasteiger partial charge in [-0.15, -0.1) is 0 Å². The van der Waals surface area contributed by atoms with Gasteiger partial charge in [-0.05, 0) is 96.0 Å². The van der Waals surface area contributed by atoms with E-state index in [0.717, 1.165) is 29.7 Å². The van der Waals surface area contributed by atoms with Crippen LogP contribution >= 0.6 is 0 Å². The first-order chi connectivity index (χ1) is 13.9. The van der Waals surface area contributed by atoms with Crippen LogP contribution in [0.5, 0.6) is 11.5 Å². The van der Waals surface area contributed by atoms with Gasteiger partial charge in [-0.3, -0.25) is 4.79 Å². The molecule has 162 valence electrons. The number of carbonyl (C=O) groups excluding carboxylic acids is 1. The molecule has 0 saturated heterocycles. The van der Waals surface area contributed by atoms with Crippen molar-refractivity contribution >= 4 is 17.5 Å². The number of anilines is 1. The standard InChI is InChI=1S/C26H35NO3/c1-8-9-19-16-20(12-15-22(28)18-10-13-21(27)14-11-18)24(30-26(5,6)7)17-23(19)29-25(2,3)4/h10-17H,8-9,27H2,1-7H3. The number of benzene rings is 2. The summed E-state index contributed by atoms with van der Waals surface area (Å²) in [5.41, 5.74) is 8.22. The number of ether oxygens (including phenoxy) is 2. The van der Waals surface area contributed by atoms with Gasteiger partial charge in [0.05, 0.1) is 0 Å². The molecule has 0 radical (unpaired) electrons. The quantitative estimate of drug-likeness (QED) is 0.323. The van der Waals surface area contributed by atoms with Gasteiger partial charge in [0, 0.05) is 22.9 Å². The molecule has 4 heteroatoms. The van der Waals surface area contributed by atoms with Gasteiger partial charge in [-0.2, -0.15) is 0 Å².